The van der Waals surface area contributed by atoms with E-state index in [2.05, 4.69) is 4.90 Å². The number of rotatable bonds is 4. The lowest BCUT2D eigenvalue weighted by Gasteiger charge is -2.37. The fourth-order valence-corrected chi connectivity index (χ4v) is 3.30. The maximum absolute atomic E-state index is 12.4. The van der Waals surface area contributed by atoms with Crippen molar-refractivity contribution in [2.45, 2.75) is 19.3 Å². The molecule has 0 spiro atoms. The minimum absolute atomic E-state index is 0.0691. The van der Waals surface area contributed by atoms with Crippen LogP contribution < -0.4 is 9.64 Å². The third-order valence-corrected chi connectivity index (χ3v) is 4.82. The Morgan fingerprint density at radius 1 is 1.04 bits per heavy atom. The van der Waals surface area contributed by atoms with Crippen LogP contribution in [0.25, 0.3) is 0 Å². The Bertz CT molecular complexity index is 580. The van der Waals surface area contributed by atoms with Gasteiger partial charge in [0, 0.05) is 44.8 Å². The number of ether oxygens (including phenoxy) is 1. The maximum Gasteiger partial charge on any atom is 0.242 e. The van der Waals surface area contributed by atoms with E-state index in [0.717, 1.165) is 43.9 Å². The summed E-state index contributed by atoms with van der Waals surface area (Å²) < 4.78 is 5.18. The highest BCUT2D eigenvalue weighted by Crippen LogP contribution is 2.20. The summed E-state index contributed by atoms with van der Waals surface area (Å²) in [5.41, 5.74) is 1.15. The minimum Gasteiger partial charge on any atom is -0.497 e. The Balaban J connectivity index is 1.50. The monoisotopic (exact) mass is 331 g/mol. The third kappa shape index (κ3) is 3.80. The first-order valence-corrected chi connectivity index (χ1v) is 8.62. The molecule has 0 saturated carbocycles. The van der Waals surface area contributed by atoms with E-state index in [9.17, 15) is 9.59 Å². The van der Waals surface area contributed by atoms with Crippen LogP contribution in [0.2, 0.25) is 0 Å². The van der Waals surface area contributed by atoms with Gasteiger partial charge in [0.25, 0.3) is 0 Å². The molecule has 6 heteroatoms. The van der Waals surface area contributed by atoms with E-state index in [0.29, 0.717) is 19.5 Å². The van der Waals surface area contributed by atoms with Gasteiger partial charge in [-0.1, -0.05) is 0 Å². The van der Waals surface area contributed by atoms with Crippen molar-refractivity contribution in [2.75, 3.05) is 51.3 Å². The van der Waals surface area contributed by atoms with Gasteiger partial charge in [-0.15, -0.1) is 0 Å². The topological polar surface area (TPSA) is 53.1 Å². The van der Waals surface area contributed by atoms with Crippen LogP contribution >= 0.6 is 0 Å². The molecule has 0 unspecified atom stereocenters. The van der Waals surface area contributed by atoms with Crippen LogP contribution in [0.5, 0.6) is 5.75 Å². The van der Waals surface area contributed by atoms with Crippen LogP contribution in [0, 0.1) is 0 Å². The van der Waals surface area contributed by atoms with Crippen LogP contribution in [-0.2, 0) is 9.59 Å². The third-order valence-electron chi connectivity index (χ3n) is 4.82. The molecule has 3 rings (SSSR count). The lowest BCUT2D eigenvalue weighted by Crippen LogP contribution is -2.52. The molecule has 2 aliphatic rings. The summed E-state index contributed by atoms with van der Waals surface area (Å²) in [7, 11) is 1.66. The van der Waals surface area contributed by atoms with Gasteiger partial charge in [-0.2, -0.15) is 0 Å². The van der Waals surface area contributed by atoms with Gasteiger partial charge in [0.1, 0.15) is 5.75 Å². The normalized spacial score (nSPS) is 18.7. The zero-order valence-corrected chi connectivity index (χ0v) is 14.2. The fraction of sp³-hybridized carbons (Fsp3) is 0.556. The Hall–Kier alpha value is -2.24. The zero-order valence-electron chi connectivity index (χ0n) is 14.2. The standard InChI is InChI=1S/C18H25N3O3/c1-24-16-7-5-15(6-8-16)19-10-12-20(13-11-19)18(23)14-21-9-3-2-4-17(21)22/h5-8H,2-4,9-14H2,1H3. The number of piperidine rings is 1. The summed E-state index contributed by atoms with van der Waals surface area (Å²) >= 11 is 0. The van der Waals surface area contributed by atoms with E-state index >= 15 is 0 Å². The van der Waals surface area contributed by atoms with Gasteiger partial charge in [0.2, 0.25) is 11.8 Å². The number of hydrogen-bond donors (Lipinski definition) is 0. The molecule has 0 atom stereocenters. The SMILES string of the molecule is COc1ccc(N2CCN(C(=O)CN3CCCCC3=O)CC2)cc1. The second kappa shape index (κ2) is 7.55. The average molecular weight is 331 g/mol. The van der Waals surface area contributed by atoms with Crippen molar-refractivity contribution in [1.82, 2.24) is 9.80 Å². The molecule has 0 N–H and O–H groups in total. The van der Waals surface area contributed by atoms with Gasteiger partial charge in [-0.3, -0.25) is 9.59 Å². The molecule has 2 saturated heterocycles. The summed E-state index contributed by atoms with van der Waals surface area (Å²) in [6.45, 7) is 3.98. The van der Waals surface area contributed by atoms with Crippen LogP contribution in [0.4, 0.5) is 5.69 Å². The highest BCUT2D eigenvalue weighted by atomic mass is 16.5. The summed E-state index contributed by atoms with van der Waals surface area (Å²) in [6.07, 6.45) is 2.53. The summed E-state index contributed by atoms with van der Waals surface area (Å²) in [4.78, 5) is 30.1. The van der Waals surface area contributed by atoms with Crippen molar-refractivity contribution in [3.63, 3.8) is 0 Å². The summed E-state index contributed by atoms with van der Waals surface area (Å²) in [5, 5.41) is 0. The van der Waals surface area contributed by atoms with E-state index in [1.165, 1.54) is 0 Å². The van der Waals surface area contributed by atoms with Crippen molar-refractivity contribution in [3.05, 3.63) is 24.3 Å². The molecule has 130 valence electrons. The molecule has 2 amide bonds. The number of amides is 2. The van der Waals surface area contributed by atoms with Crippen molar-refractivity contribution >= 4 is 17.5 Å². The van der Waals surface area contributed by atoms with Crippen LogP contribution in [0.1, 0.15) is 19.3 Å². The molecule has 6 nitrogen and oxygen atoms in total. The van der Waals surface area contributed by atoms with Crippen LogP contribution in [-0.4, -0.2) is 68.0 Å². The smallest absolute Gasteiger partial charge is 0.242 e. The molecular weight excluding hydrogens is 306 g/mol. The van der Waals surface area contributed by atoms with Crippen LogP contribution in [0.3, 0.4) is 0 Å². The van der Waals surface area contributed by atoms with Crippen molar-refractivity contribution in [2.24, 2.45) is 0 Å². The van der Waals surface area contributed by atoms with Gasteiger partial charge in [-0.05, 0) is 37.1 Å². The van der Waals surface area contributed by atoms with E-state index in [-0.39, 0.29) is 18.4 Å². The Morgan fingerprint density at radius 2 is 1.75 bits per heavy atom. The molecule has 1 aromatic carbocycles. The fourth-order valence-electron chi connectivity index (χ4n) is 3.30. The molecule has 24 heavy (non-hydrogen) atoms. The number of carbonyl (C=O) groups excluding carboxylic acids is 2. The first-order chi connectivity index (χ1) is 11.7. The largest absolute Gasteiger partial charge is 0.497 e. The first-order valence-electron chi connectivity index (χ1n) is 8.62. The summed E-state index contributed by atoms with van der Waals surface area (Å²) in [6, 6.07) is 8.00. The van der Waals surface area contributed by atoms with E-state index in [1.807, 2.05) is 29.2 Å². The van der Waals surface area contributed by atoms with Crippen molar-refractivity contribution in [3.8, 4) is 5.75 Å². The summed E-state index contributed by atoms with van der Waals surface area (Å²) in [5.74, 6) is 1.03. The van der Waals surface area contributed by atoms with Gasteiger partial charge in [0.15, 0.2) is 0 Å². The second-order valence-electron chi connectivity index (χ2n) is 6.34. The van der Waals surface area contributed by atoms with Gasteiger partial charge >= 0.3 is 0 Å². The quantitative estimate of drug-likeness (QED) is 0.836. The molecule has 0 aliphatic carbocycles. The minimum atomic E-state index is 0.0691. The number of piperazine rings is 1. The van der Waals surface area contributed by atoms with Crippen LogP contribution in [0.15, 0.2) is 24.3 Å². The molecule has 2 fully saturated rings. The number of hydrogen-bond acceptors (Lipinski definition) is 4. The van der Waals surface area contributed by atoms with Gasteiger partial charge in [-0.25, -0.2) is 0 Å². The predicted molar refractivity (Wildman–Crippen MR) is 92.2 cm³/mol. The predicted octanol–water partition coefficient (Wildman–Crippen LogP) is 1.36. The number of methoxy groups -OCH3 is 1. The molecule has 0 bridgehead atoms. The van der Waals surface area contributed by atoms with Crippen molar-refractivity contribution < 1.29 is 14.3 Å². The van der Waals surface area contributed by atoms with Crippen molar-refractivity contribution in [1.29, 1.82) is 0 Å². The van der Waals surface area contributed by atoms with E-state index in [1.54, 1.807) is 12.0 Å². The Morgan fingerprint density at radius 3 is 2.38 bits per heavy atom. The first kappa shape index (κ1) is 16.6. The number of nitrogens with zero attached hydrogens (tertiary/aromatic N) is 3. The highest BCUT2D eigenvalue weighted by Gasteiger charge is 2.25. The highest BCUT2D eigenvalue weighted by molar-refractivity contribution is 5.85. The molecule has 1 aromatic rings. The number of likely N-dealkylation sites (tertiary alicyclic amines) is 1. The zero-order chi connectivity index (χ0) is 16.9. The second-order valence-corrected chi connectivity index (χ2v) is 6.34. The number of anilines is 1. The lowest BCUT2D eigenvalue weighted by atomic mass is 10.1. The lowest BCUT2D eigenvalue weighted by molar-refractivity contribution is -0.142. The number of carbonyl (C=O) groups is 2. The molecule has 2 heterocycles. The van der Waals surface area contributed by atoms with E-state index in [4.69, 9.17) is 4.74 Å². The Labute approximate surface area is 143 Å². The molecule has 2 aliphatic heterocycles. The number of benzene rings is 1. The van der Waals surface area contributed by atoms with E-state index < -0.39 is 0 Å². The van der Waals surface area contributed by atoms with Gasteiger partial charge in [0.05, 0.1) is 13.7 Å². The Kier molecular flexibility index (Phi) is 5.23. The molecular formula is C18H25N3O3. The molecule has 0 aromatic heterocycles. The average Bonchev–Trinajstić information content (AvgIpc) is 2.64. The molecule has 0 radical (unpaired) electrons. The van der Waals surface area contributed by atoms with Gasteiger partial charge < -0.3 is 19.4 Å². The maximum atomic E-state index is 12.4.